The van der Waals surface area contributed by atoms with Gasteiger partial charge in [0.1, 0.15) is 5.69 Å². The molecule has 15 heavy (non-hydrogen) atoms. The molecule has 0 bridgehead atoms. The highest BCUT2D eigenvalue weighted by molar-refractivity contribution is 5.88. The molecule has 0 fully saturated rings. The molecule has 3 heteroatoms. The third-order valence-corrected chi connectivity index (χ3v) is 3.05. The van der Waals surface area contributed by atoms with Crippen molar-refractivity contribution < 1.29 is 9.90 Å². The molecule has 0 saturated carbocycles. The molecule has 0 aromatic carbocycles. The second-order valence-corrected chi connectivity index (χ2v) is 4.17. The van der Waals surface area contributed by atoms with Crippen molar-refractivity contribution in [3.05, 3.63) is 23.0 Å². The molecule has 0 atom stereocenters. The quantitative estimate of drug-likeness (QED) is 0.827. The number of aryl methyl sites for hydroxylation is 2. The zero-order valence-electron chi connectivity index (χ0n) is 9.12. The van der Waals surface area contributed by atoms with E-state index in [0.717, 1.165) is 37.8 Å². The summed E-state index contributed by atoms with van der Waals surface area (Å²) in [6.07, 6.45) is 5.21. The molecule has 2 heterocycles. The van der Waals surface area contributed by atoms with Crippen LogP contribution in [-0.2, 0) is 19.4 Å². The summed E-state index contributed by atoms with van der Waals surface area (Å²) < 4.78 is 2.00. The maximum absolute atomic E-state index is 11.2. The molecule has 0 aliphatic carbocycles. The van der Waals surface area contributed by atoms with Crippen molar-refractivity contribution >= 4 is 5.97 Å². The lowest BCUT2D eigenvalue weighted by atomic mass is 10.1. The zero-order chi connectivity index (χ0) is 10.8. The van der Waals surface area contributed by atoms with Gasteiger partial charge in [0, 0.05) is 12.2 Å². The number of aromatic carboxylic acids is 1. The fraction of sp³-hybridized carbons (Fsp3) is 0.583. The lowest BCUT2D eigenvalue weighted by Gasteiger charge is -2.16. The van der Waals surface area contributed by atoms with Gasteiger partial charge in [-0.25, -0.2) is 4.79 Å². The van der Waals surface area contributed by atoms with E-state index in [1.165, 1.54) is 12.1 Å². The van der Waals surface area contributed by atoms with Crippen molar-refractivity contribution in [1.29, 1.82) is 0 Å². The number of hydrogen-bond acceptors (Lipinski definition) is 1. The highest BCUT2D eigenvalue weighted by atomic mass is 16.4. The van der Waals surface area contributed by atoms with Crippen LogP contribution in [0.4, 0.5) is 0 Å². The summed E-state index contributed by atoms with van der Waals surface area (Å²) in [4.78, 5) is 11.2. The molecule has 0 amide bonds. The van der Waals surface area contributed by atoms with Crippen molar-refractivity contribution in [3.8, 4) is 0 Å². The van der Waals surface area contributed by atoms with Gasteiger partial charge >= 0.3 is 5.97 Å². The molecule has 0 radical (unpaired) electrons. The summed E-state index contributed by atoms with van der Waals surface area (Å²) in [6, 6.07) is 2.09. The Balaban J connectivity index is 2.46. The Bertz CT molecular complexity index is 379. The lowest BCUT2D eigenvalue weighted by molar-refractivity contribution is 0.0682. The summed E-state index contributed by atoms with van der Waals surface area (Å²) in [5.41, 5.74) is 2.76. The van der Waals surface area contributed by atoms with E-state index in [2.05, 4.69) is 13.0 Å². The van der Waals surface area contributed by atoms with Gasteiger partial charge in [-0.1, -0.05) is 13.3 Å². The Morgan fingerprint density at radius 2 is 2.33 bits per heavy atom. The topological polar surface area (TPSA) is 42.2 Å². The van der Waals surface area contributed by atoms with Crippen LogP contribution in [0.25, 0.3) is 0 Å². The molecule has 1 aromatic rings. The highest BCUT2D eigenvalue weighted by Gasteiger charge is 2.21. The van der Waals surface area contributed by atoms with Gasteiger partial charge in [-0.15, -0.1) is 0 Å². The van der Waals surface area contributed by atoms with Crippen LogP contribution in [-0.4, -0.2) is 15.6 Å². The van der Waals surface area contributed by atoms with Gasteiger partial charge in [0.15, 0.2) is 0 Å². The molecule has 0 spiro atoms. The number of carbonyl (C=O) groups is 1. The molecular weight excluding hydrogens is 190 g/mol. The highest BCUT2D eigenvalue weighted by Crippen LogP contribution is 2.24. The van der Waals surface area contributed by atoms with Crippen molar-refractivity contribution in [1.82, 2.24) is 4.57 Å². The Morgan fingerprint density at radius 1 is 1.53 bits per heavy atom. The van der Waals surface area contributed by atoms with Crippen LogP contribution in [0, 0.1) is 0 Å². The predicted octanol–water partition coefficient (Wildman–Crippen LogP) is 2.48. The number of carboxylic acids is 1. The number of nitrogens with zero attached hydrogens (tertiary/aromatic N) is 1. The number of hydrogen-bond donors (Lipinski definition) is 1. The van der Waals surface area contributed by atoms with E-state index in [4.69, 9.17) is 0 Å². The first-order valence-corrected chi connectivity index (χ1v) is 5.68. The number of carboxylic acid groups (broad SMARTS) is 1. The van der Waals surface area contributed by atoms with Crippen LogP contribution in [0.15, 0.2) is 6.07 Å². The van der Waals surface area contributed by atoms with Gasteiger partial charge in [0.05, 0.1) is 0 Å². The van der Waals surface area contributed by atoms with Crippen molar-refractivity contribution in [2.75, 3.05) is 0 Å². The van der Waals surface area contributed by atoms with Crippen LogP contribution >= 0.6 is 0 Å². The number of aromatic nitrogens is 1. The SMILES string of the molecule is CCCc1cc2n(c1C(=O)O)CCCC2. The van der Waals surface area contributed by atoms with Crippen LogP contribution < -0.4 is 0 Å². The fourth-order valence-electron chi connectivity index (χ4n) is 2.42. The molecule has 0 unspecified atom stereocenters. The second kappa shape index (κ2) is 4.09. The first-order valence-electron chi connectivity index (χ1n) is 5.68. The normalized spacial score (nSPS) is 15.0. The van der Waals surface area contributed by atoms with Gasteiger partial charge in [0.2, 0.25) is 0 Å². The van der Waals surface area contributed by atoms with E-state index in [1.807, 2.05) is 4.57 Å². The maximum Gasteiger partial charge on any atom is 0.352 e. The van der Waals surface area contributed by atoms with Crippen molar-refractivity contribution in [2.45, 2.75) is 45.6 Å². The van der Waals surface area contributed by atoms with Crippen LogP contribution in [0.2, 0.25) is 0 Å². The van der Waals surface area contributed by atoms with Gasteiger partial charge in [-0.3, -0.25) is 0 Å². The average Bonchev–Trinajstić information content (AvgIpc) is 2.56. The van der Waals surface area contributed by atoms with Gasteiger partial charge in [-0.05, 0) is 37.3 Å². The third kappa shape index (κ3) is 1.78. The Hall–Kier alpha value is -1.25. The van der Waals surface area contributed by atoms with Gasteiger partial charge in [-0.2, -0.15) is 0 Å². The number of fused-ring (bicyclic) bond motifs is 1. The Morgan fingerprint density at radius 3 is 3.00 bits per heavy atom. The van der Waals surface area contributed by atoms with Crippen LogP contribution in [0.3, 0.4) is 0 Å². The summed E-state index contributed by atoms with van der Waals surface area (Å²) in [7, 11) is 0. The molecular formula is C12H17NO2. The summed E-state index contributed by atoms with van der Waals surface area (Å²) in [6.45, 7) is 2.96. The van der Waals surface area contributed by atoms with E-state index in [0.29, 0.717) is 5.69 Å². The third-order valence-electron chi connectivity index (χ3n) is 3.05. The fourth-order valence-corrected chi connectivity index (χ4v) is 2.42. The average molecular weight is 207 g/mol. The van der Waals surface area contributed by atoms with Gasteiger partial charge in [0.25, 0.3) is 0 Å². The van der Waals surface area contributed by atoms with E-state index in [-0.39, 0.29) is 0 Å². The molecule has 0 saturated heterocycles. The smallest absolute Gasteiger partial charge is 0.352 e. The summed E-state index contributed by atoms with van der Waals surface area (Å²) in [5, 5.41) is 9.22. The van der Waals surface area contributed by atoms with Gasteiger partial charge < -0.3 is 9.67 Å². The molecule has 3 nitrogen and oxygen atoms in total. The molecule has 1 N–H and O–H groups in total. The van der Waals surface area contributed by atoms with E-state index in [1.54, 1.807) is 0 Å². The van der Waals surface area contributed by atoms with E-state index in [9.17, 15) is 9.90 Å². The monoisotopic (exact) mass is 207 g/mol. The maximum atomic E-state index is 11.2. The predicted molar refractivity (Wildman–Crippen MR) is 58.3 cm³/mol. The molecule has 1 aliphatic heterocycles. The largest absolute Gasteiger partial charge is 0.477 e. The standard InChI is InChI=1S/C12H17NO2/c1-2-5-9-8-10-6-3-4-7-13(10)11(9)12(14)15/h8H,2-7H2,1H3,(H,14,15). The minimum atomic E-state index is -0.772. The zero-order valence-corrected chi connectivity index (χ0v) is 9.12. The van der Waals surface area contributed by atoms with Crippen LogP contribution in [0.1, 0.15) is 47.9 Å². The summed E-state index contributed by atoms with van der Waals surface area (Å²) >= 11 is 0. The Kier molecular flexibility index (Phi) is 2.80. The van der Waals surface area contributed by atoms with Crippen LogP contribution in [0.5, 0.6) is 0 Å². The first-order chi connectivity index (χ1) is 7.24. The number of rotatable bonds is 3. The van der Waals surface area contributed by atoms with E-state index < -0.39 is 5.97 Å². The second-order valence-electron chi connectivity index (χ2n) is 4.17. The van der Waals surface area contributed by atoms with Crippen molar-refractivity contribution in [2.24, 2.45) is 0 Å². The lowest BCUT2D eigenvalue weighted by Crippen LogP contribution is -2.16. The first kappa shape index (κ1) is 10.3. The minimum absolute atomic E-state index is 0.534. The van der Waals surface area contributed by atoms with E-state index >= 15 is 0 Å². The Labute approximate surface area is 89.7 Å². The molecule has 2 rings (SSSR count). The minimum Gasteiger partial charge on any atom is -0.477 e. The molecule has 1 aromatic heterocycles. The van der Waals surface area contributed by atoms with Crippen molar-refractivity contribution in [3.63, 3.8) is 0 Å². The molecule has 1 aliphatic rings. The molecule has 82 valence electrons. The summed E-state index contributed by atoms with van der Waals surface area (Å²) in [5.74, 6) is -0.772.